The van der Waals surface area contributed by atoms with E-state index in [2.05, 4.69) is 58.2 Å². The molecule has 1 N–H and O–H groups in total. The highest BCUT2D eigenvalue weighted by Crippen LogP contribution is 2.38. The predicted molar refractivity (Wildman–Crippen MR) is 189 cm³/mol. The molecule has 4 aromatic carbocycles. The Kier molecular flexibility index (Phi) is 11.2. The van der Waals surface area contributed by atoms with Crippen LogP contribution in [-0.4, -0.2) is 50.9 Å². The molecular weight excluding hydrogens is 611 g/mol. The fourth-order valence-corrected chi connectivity index (χ4v) is 12.0. The summed E-state index contributed by atoms with van der Waals surface area (Å²) >= 11 is 0. The minimum atomic E-state index is -4.14. The zero-order valence-electron chi connectivity index (χ0n) is 27.2. The Bertz CT molecular complexity index is 1630. The summed E-state index contributed by atoms with van der Waals surface area (Å²) in [5.74, 6) is 0.544. The Labute approximate surface area is 275 Å². The molecule has 0 aliphatic carbocycles. The Hall–Kier alpha value is -3.79. The Morgan fingerprint density at radius 2 is 1.30 bits per heavy atom. The molecule has 46 heavy (non-hydrogen) atoms. The normalized spacial score (nSPS) is 14.3. The van der Waals surface area contributed by atoms with Gasteiger partial charge in [0.2, 0.25) is 10.0 Å². The summed E-state index contributed by atoms with van der Waals surface area (Å²) < 4.78 is 42.9. The van der Waals surface area contributed by atoms with Gasteiger partial charge in [0.25, 0.3) is 8.32 Å². The van der Waals surface area contributed by atoms with Crippen LogP contribution in [0, 0.1) is 0 Å². The number of aliphatic hydroxyl groups is 1. The summed E-state index contributed by atoms with van der Waals surface area (Å²) in [6, 6.07) is 35.3. The summed E-state index contributed by atoms with van der Waals surface area (Å²) in [4.78, 5) is 0.0664. The maximum atomic E-state index is 14.3. The van der Waals surface area contributed by atoms with Crippen molar-refractivity contribution in [1.82, 2.24) is 4.31 Å². The maximum absolute atomic E-state index is 14.3. The molecular formula is C38H45NO5SSi. The van der Waals surface area contributed by atoms with Gasteiger partial charge in [-0.25, -0.2) is 8.42 Å². The second-order valence-corrected chi connectivity index (χ2v) is 18.7. The van der Waals surface area contributed by atoms with Gasteiger partial charge in [-0.3, -0.25) is 0 Å². The first-order chi connectivity index (χ1) is 21.9. The molecule has 0 saturated carbocycles. The van der Waals surface area contributed by atoms with Gasteiger partial charge in [-0.1, -0.05) is 124 Å². The second-order valence-electron chi connectivity index (χ2n) is 12.5. The van der Waals surface area contributed by atoms with Crippen molar-refractivity contribution in [1.29, 1.82) is 0 Å². The van der Waals surface area contributed by atoms with Gasteiger partial charge >= 0.3 is 0 Å². The Morgan fingerprint density at radius 3 is 1.76 bits per heavy atom. The van der Waals surface area contributed by atoms with E-state index in [1.165, 1.54) is 28.6 Å². The van der Waals surface area contributed by atoms with E-state index >= 15 is 0 Å². The molecule has 242 valence electrons. The molecule has 0 aromatic heterocycles. The molecule has 0 spiro atoms. The lowest BCUT2D eigenvalue weighted by Gasteiger charge is -2.46. The monoisotopic (exact) mass is 655 g/mol. The Balaban J connectivity index is 1.73. The molecule has 0 aliphatic rings. The third-order valence-corrected chi connectivity index (χ3v) is 15.2. The van der Waals surface area contributed by atoms with Crippen LogP contribution in [0.5, 0.6) is 5.75 Å². The third kappa shape index (κ3) is 7.60. The first-order valence-electron chi connectivity index (χ1n) is 15.4. The van der Waals surface area contributed by atoms with Gasteiger partial charge in [0.05, 0.1) is 23.1 Å². The maximum Gasteiger partial charge on any atom is 0.261 e. The standard InChI is InChI=1S/C38H45NO5SSi/c1-7-28-39(45(41,42)33-26-24-32(25-27-33)43-29-31-18-12-9-13-19-31)36(38(6,40)8-2)30-44-46(37(3,4)5,34-20-14-10-15-21-34)35-22-16-11-17-23-35/h7-27,36,40H,1-2,28-30H2,3-6H3. The number of hydrogen-bond acceptors (Lipinski definition) is 5. The number of ether oxygens (including phenoxy) is 1. The van der Waals surface area contributed by atoms with Gasteiger partial charge in [-0.05, 0) is 52.2 Å². The summed E-state index contributed by atoms with van der Waals surface area (Å²) in [5.41, 5.74) is -0.632. The van der Waals surface area contributed by atoms with E-state index in [0.29, 0.717) is 12.4 Å². The highest BCUT2D eigenvalue weighted by Gasteiger charge is 2.52. The molecule has 2 unspecified atom stereocenters. The number of nitrogens with zero attached hydrogens (tertiary/aromatic N) is 1. The summed E-state index contributed by atoms with van der Waals surface area (Å²) in [6.07, 6.45) is 2.89. The minimum absolute atomic E-state index is 0.0483. The molecule has 0 aliphatic heterocycles. The number of benzene rings is 4. The van der Waals surface area contributed by atoms with Crippen molar-refractivity contribution >= 4 is 28.7 Å². The fraction of sp³-hybridized carbons (Fsp3) is 0.263. The quantitative estimate of drug-likeness (QED) is 0.120. The number of hydrogen-bond donors (Lipinski definition) is 1. The van der Waals surface area contributed by atoms with E-state index in [0.717, 1.165) is 15.9 Å². The van der Waals surface area contributed by atoms with Crippen molar-refractivity contribution in [2.45, 2.75) is 55.9 Å². The van der Waals surface area contributed by atoms with Crippen LogP contribution >= 0.6 is 0 Å². The highest BCUT2D eigenvalue weighted by molar-refractivity contribution is 7.89. The molecule has 6 nitrogen and oxygen atoms in total. The zero-order valence-corrected chi connectivity index (χ0v) is 29.0. The lowest BCUT2D eigenvalue weighted by molar-refractivity contribution is 0.0138. The van der Waals surface area contributed by atoms with Gasteiger partial charge in [-0.15, -0.1) is 13.2 Å². The molecule has 0 saturated heterocycles. The number of sulfonamides is 1. The lowest BCUT2D eigenvalue weighted by atomic mass is 9.97. The molecule has 0 heterocycles. The van der Waals surface area contributed by atoms with E-state index in [-0.39, 0.29) is 23.1 Å². The van der Waals surface area contributed by atoms with Crippen LogP contribution in [0.1, 0.15) is 33.3 Å². The van der Waals surface area contributed by atoms with Gasteiger partial charge in [0, 0.05) is 6.54 Å². The van der Waals surface area contributed by atoms with Crippen molar-refractivity contribution in [2.75, 3.05) is 13.2 Å². The highest BCUT2D eigenvalue weighted by atomic mass is 32.2. The molecule has 4 rings (SSSR count). The molecule has 0 fully saturated rings. The predicted octanol–water partition coefficient (Wildman–Crippen LogP) is 6.32. The lowest BCUT2D eigenvalue weighted by Crippen LogP contribution is -2.68. The summed E-state index contributed by atoms with van der Waals surface area (Å²) in [7, 11) is -7.20. The molecule has 2 atom stereocenters. The van der Waals surface area contributed by atoms with E-state index in [1.807, 2.05) is 66.7 Å². The van der Waals surface area contributed by atoms with Gasteiger partial charge in [0.15, 0.2) is 0 Å². The third-order valence-electron chi connectivity index (χ3n) is 8.30. The van der Waals surface area contributed by atoms with Crippen molar-refractivity contribution in [3.63, 3.8) is 0 Å². The molecule has 8 heteroatoms. The van der Waals surface area contributed by atoms with Crippen LogP contribution in [0.25, 0.3) is 0 Å². The van der Waals surface area contributed by atoms with Crippen LogP contribution in [-0.2, 0) is 21.1 Å². The van der Waals surface area contributed by atoms with E-state index in [9.17, 15) is 13.5 Å². The fourth-order valence-electron chi connectivity index (χ4n) is 5.75. The average Bonchev–Trinajstić information content (AvgIpc) is 3.06. The molecule has 4 aromatic rings. The number of rotatable bonds is 15. The summed E-state index contributed by atoms with van der Waals surface area (Å²) in [6.45, 7) is 15.9. The van der Waals surface area contributed by atoms with Crippen LogP contribution in [0.15, 0.2) is 145 Å². The smallest absolute Gasteiger partial charge is 0.261 e. The first kappa shape index (κ1) is 35.1. The van der Waals surface area contributed by atoms with E-state index in [4.69, 9.17) is 9.16 Å². The van der Waals surface area contributed by atoms with Gasteiger partial charge < -0.3 is 14.3 Å². The van der Waals surface area contributed by atoms with Crippen molar-refractivity contribution in [3.05, 3.63) is 146 Å². The van der Waals surface area contributed by atoms with Gasteiger partial charge in [-0.2, -0.15) is 4.31 Å². The Morgan fingerprint density at radius 1 is 0.804 bits per heavy atom. The molecule has 0 radical (unpaired) electrons. The molecule has 0 amide bonds. The van der Waals surface area contributed by atoms with Crippen LogP contribution in [0.2, 0.25) is 5.04 Å². The largest absolute Gasteiger partial charge is 0.489 e. The topological polar surface area (TPSA) is 76.1 Å². The van der Waals surface area contributed by atoms with E-state index in [1.54, 1.807) is 19.1 Å². The van der Waals surface area contributed by atoms with Gasteiger partial charge in [0.1, 0.15) is 12.4 Å². The zero-order chi connectivity index (χ0) is 33.4. The summed E-state index contributed by atoms with van der Waals surface area (Å²) in [5, 5.41) is 13.5. The van der Waals surface area contributed by atoms with E-state index < -0.39 is 30.0 Å². The first-order valence-corrected chi connectivity index (χ1v) is 18.7. The van der Waals surface area contributed by atoms with Crippen molar-refractivity contribution in [3.8, 4) is 5.75 Å². The van der Waals surface area contributed by atoms with Crippen LogP contribution in [0.3, 0.4) is 0 Å². The van der Waals surface area contributed by atoms with Crippen molar-refractivity contribution < 1.29 is 22.7 Å². The van der Waals surface area contributed by atoms with Crippen LogP contribution < -0.4 is 15.1 Å². The second kappa shape index (κ2) is 14.7. The average molecular weight is 656 g/mol. The molecule has 0 bridgehead atoms. The SMILES string of the molecule is C=CCN(C(CO[Si](c1ccccc1)(c1ccccc1)C(C)(C)C)C(C)(O)C=C)S(=O)(=O)c1ccc(OCc2ccccc2)cc1. The minimum Gasteiger partial charge on any atom is -0.489 e. The van der Waals surface area contributed by atoms with Crippen LogP contribution in [0.4, 0.5) is 0 Å². The van der Waals surface area contributed by atoms with Crippen molar-refractivity contribution in [2.24, 2.45) is 0 Å².